The van der Waals surface area contributed by atoms with Gasteiger partial charge in [-0.2, -0.15) is 19.8 Å². The summed E-state index contributed by atoms with van der Waals surface area (Å²) in [5, 5.41) is 14.8. The van der Waals surface area contributed by atoms with Gasteiger partial charge in [0.15, 0.2) is 0 Å². The van der Waals surface area contributed by atoms with E-state index in [4.69, 9.17) is 15.3 Å². The Labute approximate surface area is 47.4 Å². The van der Waals surface area contributed by atoms with E-state index >= 15 is 0 Å². The Morgan fingerprint density at radius 2 is 1.14 bits per heavy atom. The van der Waals surface area contributed by atoms with E-state index in [2.05, 4.69) is 0 Å². The summed E-state index contributed by atoms with van der Waals surface area (Å²) in [6.07, 6.45) is 0. The van der Waals surface area contributed by atoms with Crippen molar-refractivity contribution in [2.24, 2.45) is 0 Å². The monoisotopic (exact) mass is 148 g/mol. The van der Waals surface area contributed by atoms with Gasteiger partial charge in [0.05, 0.1) is 5.09 Å². The summed E-state index contributed by atoms with van der Waals surface area (Å²) in [5.74, 6) is 0. The fourth-order valence-corrected chi connectivity index (χ4v) is 0. The van der Waals surface area contributed by atoms with Crippen molar-refractivity contribution < 1.29 is 5.09 Å². The molecule has 0 aliphatic rings. The molecule has 0 heterocycles. The van der Waals surface area contributed by atoms with Crippen LogP contribution in [0.3, 0.4) is 0 Å². The van der Waals surface area contributed by atoms with E-state index in [9.17, 15) is 0 Å². The summed E-state index contributed by atoms with van der Waals surface area (Å²) < 4.78 is 0. The summed E-state index contributed by atoms with van der Waals surface area (Å²) in [4.78, 5) is 8.25. The van der Waals surface area contributed by atoms with Crippen molar-refractivity contribution in [2.45, 2.75) is 0 Å². The minimum absolute atomic E-state index is 0. The van der Waals surface area contributed by atoms with Crippen LogP contribution in [0.2, 0.25) is 0 Å². The zero-order chi connectivity index (χ0) is 3.58. The van der Waals surface area contributed by atoms with Crippen LogP contribution in [0.4, 0.5) is 0 Å². The molecule has 0 aromatic carbocycles. The maximum absolute atomic E-state index is 8.25. The summed E-state index contributed by atoms with van der Waals surface area (Å²) in [7, 11) is 0. The average Bonchev–Trinajstić information content (AvgIpc) is 0.811. The fraction of sp³-hybridized carbons (Fsp3) is 0. The van der Waals surface area contributed by atoms with Crippen molar-refractivity contribution in [2.75, 3.05) is 0 Å². The van der Waals surface area contributed by atoms with Crippen LogP contribution >= 0.6 is 19.8 Å². The molecule has 0 amide bonds. The molecule has 2 atom stereocenters. The topological polar surface area (TPSA) is 103 Å². The molecule has 0 aliphatic carbocycles. The van der Waals surface area contributed by atoms with Crippen LogP contribution in [-0.4, -0.2) is 5.09 Å². The molecule has 0 aliphatic heterocycles. The molecule has 5 nitrogen and oxygen atoms in total. The van der Waals surface area contributed by atoms with Gasteiger partial charge in [-0.05, 0) is 0 Å². The first-order chi connectivity index (χ1) is 1.73. The van der Waals surface area contributed by atoms with Gasteiger partial charge in [-0.25, -0.2) is 0 Å². The predicted molar refractivity (Wildman–Crippen MR) is 38.6 cm³/mol. The Hall–Kier alpha value is 0.0200. The van der Waals surface area contributed by atoms with Crippen molar-refractivity contribution in [1.82, 2.24) is 6.15 Å². The second-order valence-electron chi connectivity index (χ2n) is 0.224. The molecule has 0 radical (unpaired) electrons. The quantitative estimate of drug-likeness (QED) is 0.302. The Kier molecular flexibility index (Phi) is 66.3. The van der Waals surface area contributed by atoms with E-state index in [1.807, 2.05) is 0 Å². The number of hydrogen-bond acceptors (Lipinski definition) is 3. The van der Waals surface area contributed by atoms with Crippen molar-refractivity contribution in [3.63, 3.8) is 0 Å². The van der Waals surface area contributed by atoms with Crippen molar-refractivity contribution in [3.05, 3.63) is 15.3 Å². The average molecular weight is 148 g/mol. The maximum Gasteiger partial charge on any atom is 0.0689 e. The molecule has 0 rings (SSSR count). The van der Waals surface area contributed by atoms with Crippen molar-refractivity contribution >= 4 is 19.8 Å². The molecule has 0 bridgehead atoms. The lowest BCUT2D eigenvalue weighted by Gasteiger charge is -1.74. The van der Waals surface area contributed by atoms with Gasteiger partial charge in [0.25, 0.3) is 0 Å². The molecule has 0 aromatic rings. The first-order valence-corrected chi connectivity index (χ1v) is 0.548. The van der Waals surface area contributed by atoms with E-state index < -0.39 is 5.09 Å². The second kappa shape index (κ2) is 16.6. The van der Waals surface area contributed by atoms with Gasteiger partial charge >= 0.3 is 0 Å². The largest absolute Gasteiger partial charge is 0.369 e. The fourth-order valence-electron chi connectivity index (χ4n) is 0. The van der Waals surface area contributed by atoms with Gasteiger partial charge < -0.3 is 21.5 Å². The molecule has 4 N–H and O–H groups in total. The summed E-state index contributed by atoms with van der Waals surface area (Å²) >= 11 is 0. The highest BCUT2D eigenvalue weighted by Crippen LogP contribution is 1.44. The highest BCUT2D eigenvalue weighted by Gasteiger charge is 1.45. The smallest absolute Gasteiger partial charge is 0.0689 e. The Balaban J connectivity index is -0.0000000150. The highest BCUT2D eigenvalue weighted by molar-refractivity contribution is 6.92. The van der Waals surface area contributed by atoms with Crippen LogP contribution in [0.25, 0.3) is 0 Å². The Bertz CT molecular complexity index is 33.9. The zero-order valence-corrected chi connectivity index (χ0v) is 6.91. The zero-order valence-electron chi connectivity index (χ0n) is 4.09. The first kappa shape index (κ1) is 27.9. The molecule has 0 aromatic heterocycles. The lowest BCUT2D eigenvalue weighted by atomic mass is 13.1. The van der Waals surface area contributed by atoms with Crippen LogP contribution in [-0.2, 0) is 0 Å². The van der Waals surface area contributed by atoms with E-state index in [1.54, 1.807) is 0 Å². The van der Waals surface area contributed by atoms with E-state index in [0.717, 1.165) is 0 Å². The highest BCUT2D eigenvalue weighted by atomic mass is 31.0. The molecule has 7 heavy (non-hydrogen) atoms. The van der Waals surface area contributed by atoms with Crippen LogP contribution in [0.5, 0.6) is 0 Å². The van der Waals surface area contributed by atoms with Crippen LogP contribution in [0.15, 0.2) is 0 Å². The Morgan fingerprint density at radius 3 is 1.14 bits per heavy atom. The summed E-state index contributed by atoms with van der Waals surface area (Å²) in [6.45, 7) is 0. The molecule has 48 valence electrons. The van der Waals surface area contributed by atoms with Crippen LogP contribution in [0, 0.1) is 15.3 Å². The second-order valence-corrected chi connectivity index (χ2v) is 0.224. The van der Waals surface area contributed by atoms with E-state index in [1.165, 1.54) is 0 Å². The van der Waals surface area contributed by atoms with Gasteiger partial charge in [-0.15, -0.1) is 0 Å². The standard InChI is InChI=1S/NO3.H3N.2H3P/c2-1(3)4;;;/h;3*1H3/q-1;;;/p+1. The minimum atomic E-state index is -1.75. The number of rotatable bonds is 0. The maximum atomic E-state index is 8.25. The third-order valence-electron chi connectivity index (χ3n) is 0. The van der Waals surface area contributed by atoms with E-state index in [0.29, 0.717) is 0 Å². The third kappa shape index (κ3) is 243000. The van der Waals surface area contributed by atoms with Crippen molar-refractivity contribution in [3.8, 4) is 0 Å². The molecule has 0 saturated carbocycles. The van der Waals surface area contributed by atoms with Gasteiger partial charge in [0.2, 0.25) is 0 Å². The summed E-state index contributed by atoms with van der Waals surface area (Å²) in [6, 6.07) is 0. The molecular weight excluding hydrogens is 138 g/mol. The molecular formula is H10N2O3P2. The number of nitrogens with zero attached hydrogens (tertiary/aromatic N) is 1. The van der Waals surface area contributed by atoms with Crippen LogP contribution in [0.1, 0.15) is 0 Å². The lowest BCUT2D eigenvalue weighted by Crippen LogP contribution is -1.74. The first-order valence-electron chi connectivity index (χ1n) is 0.548. The van der Waals surface area contributed by atoms with Gasteiger partial charge in [-0.3, -0.25) is 0 Å². The molecule has 7 heteroatoms. The minimum Gasteiger partial charge on any atom is -0.369 e. The molecule has 0 saturated heterocycles. The van der Waals surface area contributed by atoms with Gasteiger partial charge in [-0.1, -0.05) is 0 Å². The SMILES string of the molecule is O=[N+]([O-])[O-].P.P.[NH4+]. The van der Waals surface area contributed by atoms with Crippen molar-refractivity contribution in [1.29, 1.82) is 0 Å². The summed E-state index contributed by atoms with van der Waals surface area (Å²) in [5.41, 5.74) is 0. The number of hydrogen-bond donors (Lipinski definition) is 1. The van der Waals surface area contributed by atoms with Gasteiger partial charge in [0.1, 0.15) is 0 Å². The molecule has 0 spiro atoms. The molecule has 0 fully saturated rings. The lowest BCUT2D eigenvalue weighted by molar-refractivity contribution is -0.402. The van der Waals surface area contributed by atoms with Gasteiger partial charge in [0, 0.05) is 0 Å². The predicted octanol–water partition coefficient (Wildman–Crippen LogP) is 0.253. The normalized spacial score (nSPS) is 3.43. The Morgan fingerprint density at radius 1 is 1.14 bits per heavy atom. The van der Waals surface area contributed by atoms with Crippen LogP contribution < -0.4 is 6.15 Å². The third-order valence-corrected chi connectivity index (χ3v) is 0. The molecule has 2 unspecified atom stereocenters. The van der Waals surface area contributed by atoms with E-state index in [-0.39, 0.29) is 25.9 Å². The number of quaternary nitrogens is 1.